The fourth-order valence-corrected chi connectivity index (χ4v) is 3.91. The van der Waals surface area contributed by atoms with Crippen LogP contribution in [0.5, 0.6) is 5.75 Å². The number of imide groups is 1. The standard InChI is InChI=1S/C23H24N2O4/c1-22(2,3)16-10-8-15(9-11-16)18(26)14-25-20(27)23(24-21(25)28)12-13-29-19-7-5-4-6-17(19)23/h4-11H,12-14H2,1-3H3,(H,24,28). The van der Waals surface area contributed by atoms with Crippen LogP contribution in [0, 0.1) is 0 Å². The van der Waals surface area contributed by atoms with Crippen LogP contribution in [0.4, 0.5) is 4.79 Å². The van der Waals surface area contributed by atoms with Gasteiger partial charge in [-0.1, -0.05) is 63.2 Å². The molecule has 0 aromatic heterocycles. The summed E-state index contributed by atoms with van der Waals surface area (Å²) in [6.45, 7) is 6.33. The summed E-state index contributed by atoms with van der Waals surface area (Å²) in [5.41, 5.74) is 1.04. The second-order valence-electron chi connectivity index (χ2n) is 8.57. The molecule has 0 bridgehead atoms. The van der Waals surface area contributed by atoms with Crippen molar-refractivity contribution in [3.05, 3.63) is 65.2 Å². The lowest BCUT2D eigenvalue weighted by molar-refractivity contribution is -0.132. The number of rotatable bonds is 3. The van der Waals surface area contributed by atoms with E-state index in [1.54, 1.807) is 30.3 Å². The van der Waals surface area contributed by atoms with Crippen molar-refractivity contribution in [1.29, 1.82) is 0 Å². The van der Waals surface area contributed by atoms with E-state index in [0.29, 0.717) is 29.9 Å². The third kappa shape index (κ3) is 3.18. The van der Waals surface area contributed by atoms with E-state index in [1.807, 2.05) is 18.2 Å². The molecule has 2 aromatic rings. The summed E-state index contributed by atoms with van der Waals surface area (Å²) < 4.78 is 5.63. The van der Waals surface area contributed by atoms with Crippen LogP contribution in [0.25, 0.3) is 0 Å². The van der Waals surface area contributed by atoms with Crippen molar-refractivity contribution in [2.24, 2.45) is 0 Å². The molecule has 0 aliphatic carbocycles. The summed E-state index contributed by atoms with van der Waals surface area (Å²) in [6.07, 6.45) is 0.333. The number of nitrogens with zero attached hydrogens (tertiary/aromatic N) is 1. The lowest BCUT2D eigenvalue weighted by Crippen LogP contribution is -2.47. The Labute approximate surface area is 169 Å². The highest BCUT2D eigenvalue weighted by molar-refractivity contribution is 6.11. The Morgan fingerprint density at radius 2 is 1.79 bits per heavy atom. The van der Waals surface area contributed by atoms with Gasteiger partial charge in [-0.15, -0.1) is 0 Å². The van der Waals surface area contributed by atoms with Gasteiger partial charge in [0.1, 0.15) is 5.75 Å². The molecule has 4 rings (SSSR count). The van der Waals surface area contributed by atoms with E-state index in [2.05, 4.69) is 26.1 Å². The van der Waals surface area contributed by atoms with Gasteiger partial charge in [-0.2, -0.15) is 0 Å². The Hall–Kier alpha value is -3.15. The first kappa shape index (κ1) is 19.2. The highest BCUT2D eigenvalue weighted by Crippen LogP contribution is 2.41. The predicted molar refractivity (Wildman–Crippen MR) is 108 cm³/mol. The molecule has 1 fully saturated rings. The number of Topliss-reactive ketones (excluding diaryl/α,β-unsaturated/α-hetero) is 1. The number of hydrogen-bond acceptors (Lipinski definition) is 4. The molecule has 2 heterocycles. The van der Waals surface area contributed by atoms with Crippen LogP contribution in [-0.4, -0.2) is 35.8 Å². The topological polar surface area (TPSA) is 75.7 Å². The van der Waals surface area contributed by atoms with Crippen LogP contribution in [0.15, 0.2) is 48.5 Å². The third-order valence-corrected chi connectivity index (χ3v) is 5.63. The summed E-state index contributed by atoms with van der Waals surface area (Å²) >= 11 is 0. The number of benzene rings is 2. The Bertz CT molecular complexity index is 991. The Morgan fingerprint density at radius 1 is 1.10 bits per heavy atom. The van der Waals surface area contributed by atoms with Gasteiger partial charge in [0.25, 0.3) is 5.91 Å². The molecule has 1 N–H and O–H groups in total. The minimum Gasteiger partial charge on any atom is -0.493 e. The molecule has 0 saturated carbocycles. The monoisotopic (exact) mass is 392 g/mol. The van der Waals surface area contributed by atoms with Crippen molar-refractivity contribution in [3.8, 4) is 5.75 Å². The number of nitrogens with one attached hydrogen (secondary N) is 1. The molecule has 0 radical (unpaired) electrons. The average Bonchev–Trinajstić information content (AvgIpc) is 2.92. The van der Waals surface area contributed by atoms with Gasteiger partial charge < -0.3 is 10.1 Å². The smallest absolute Gasteiger partial charge is 0.325 e. The van der Waals surface area contributed by atoms with Gasteiger partial charge in [0.15, 0.2) is 11.3 Å². The summed E-state index contributed by atoms with van der Waals surface area (Å²) in [5.74, 6) is -0.0948. The lowest BCUT2D eigenvalue weighted by atomic mass is 9.84. The van der Waals surface area contributed by atoms with Crippen molar-refractivity contribution >= 4 is 17.7 Å². The number of fused-ring (bicyclic) bond motifs is 2. The van der Waals surface area contributed by atoms with Crippen molar-refractivity contribution in [1.82, 2.24) is 10.2 Å². The number of urea groups is 1. The zero-order chi connectivity index (χ0) is 20.8. The van der Waals surface area contributed by atoms with E-state index in [0.717, 1.165) is 10.5 Å². The fraction of sp³-hybridized carbons (Fsp3) is 0.348. The van der Waals surface area contributed by atoms with E-state index in [9.17, 15) is 14.4 Å². The quantitative estimate of drug-likeness (QED) is 0.642. The number of para-hydroxylation sites is 1. The SMILES string of the molecule is CC(C)(C)c1ccc(C(=O)CN2C(=O)NC3(CCOc4ccccc43)C2=O)cc1. The van der Waals surface area contributed by atoms with Crippen LogP contribution in [-0.2, 0) is 15.7 Å². The molecule has 29 heavy (non-hydrogen) atoms. The summed E-state index contributed by atoms with van der Waals surface area (Å²) in [4.78, 5) is 39.7. The molecule has 2 aliphatic heterocycles. The van der Waals surface area contributed by atoms with Crippen molar-refractivity contribution in [3.63, 3.8) is 0 Å². The van der Waals surface area contributed by atoms with Gasteiger partial charge in [0.2, 0.25) is 0 Å². The van der Waals surface area contributed by atoms with Crippen LogP contribution in [0.1, 0.15) is 48.7 Å². The predicted octanol–water partition coefficient (Wildman–Crippen LogP) is 3.40. The first-order valence-electron chi connectivity index (χ1n) is 9.72. The lowest BCUT2D eigenvalue weighted by Gasteiger charge is -2.33. The Balaban J connectivity index is 1.57. The number of ether oxygens (including phenoxy) is 1. The number of ketones is 1. The van der Waals surface area contributed by atoms with E-state index in [4.69, 9.17) is 4.74 Å². The average molecular weight is 392 g/mol. The van der Waals surface area contributed by atoms with Crippen LogP contribution in [0.3, 0.4) is 0 Å². The summed E-state index contributed by atoms with van der Waals surface area (Å²) in [6, 6.07) is 14.0. The zero-order valence-corrected chi connectivity index (χ0v) is 16.8. The third-order valence-electron chi connectivity index (χ3n) is 5.63. The molecule has 3 amide bonds. The molecule has 6 nitrogen and oxygen atoms in total. The van der Waals surface area contributed by atoms with Crippen LogP contribution in [0.2, 0.25) is 0 Å². The molecule has 1 spiro atoms. The van der Waals surface area contributed by atoms with Crippen molar-refractivity contribution < 1.29 is 19.1 Å². The second-order valence-corrected chi connectivity index (χ2v) is 8.57. The highest BCUT2D eigenvalue weighted by Gasteiger charge is 2.55. The molecule has 1 atom stereocenters. The minimum atomic E-state index is -1.16. The largest absolute Gasteiger partial charge is 0.493 e. The van der Waals surface area contributed by atoms with Gasteiger partial charge in [-0.25, -0.2) is 4.79 Å². The molecule has 1 saturated heterocycles. The van der Waals surface area contributed by atoms with Gasteiger partial charge in [0.05, 0.1) is 13.2 Å². The van der Waals surface area contributed by atoms with E-state index >= 15 is 0 Å². The van der Waals surface area contributed by atoms with Gasteiger partial charge in [0, 0.05) is 17.5 Å². The van der Waals surface area contributed by atoms with E-state index < -0.39 is 17.5 Å². The normalized spacial score (nSPS) is 21.0. The molecule has 1 unspecified atom stereocenters. The minimum absolute atomic E-state index is 0.0186. The fourth-order valence-electron chi connectivity index (χ4n) is 3.91. The maximum Gasteiger partial charge on any atom is 0.325 e. The van der Waals surface area contributed by atoms with E-state index in [1.165, 1.54) is 0 Å². The molecule has 6 heteroatoms. The maximum atomic E-state index is 13.2. The van der Waals surface area contributed by atoms with Crippen LogP contribution >= 0.6 is 0 Å². The van der Waals surface area contributed by atoms with Gasteiger partial charge in [-0.3, -0.25) is 14.5 Å². The zero-order valence-electron chi connectivity index (χ0n) is 16.8. The molecule has 2 aliphatic rings. The van der Waals surface area contributed by atoms with Crippen molar-refractivity contribution in [2.45, 2.75) is 38.1 Å². The van der Waals surface area contributed by atoms with Gasteiger partial charge >= 0.3 is 6.03 Å². The highest BCUT2D eigenvalue weighted by atomic mass is 16.5. The van der Waals surface area contributed by atoms with Crippen molar-refractivity contribution in [2.75, 3.05) is 13.2 Å². The second kappa shape index (κ2) is 6.72. The summed E-state index contributed by atoms with van der Waals surface area (Å²) in [7, 11) is 0. The first-order valence-corrected chi connectivity index (χ1v) is 9.72. The van der Waals surface area contributed by atoms with E-state index in [-0.39, 0.29) is 17.7 Å². The summed E-state index contributed by atoms with van der Waals surface area (Å²) in [5, 5.41) is 2.82. The Morgan fingerprint density at radius 3 is 2.48 bits per heavy atom. The molecular weight excluding hydrogens is 368 g/mol. The molecule has 2 aromatic carbocycles. The molecule has 150 valence electrons. The van der Waals surface area contributed by atoms with Gasteiger partial charge in [-0.05, 0) is 17.0 Å². The first-order chi connectivity index (χ1) is 13.7. The number of carbonyl (C=O) groups excluding carboxylic acids is 3. The Kier molecular flexibility index (Phi) is 4.45. The number of amides is 3. The van der Waals surface area contributed by atoms with Crippen LogP contribution < -0.4 is 10.1 Å². The maximum absolute atomic E-state index is 13.2. The number of carbonyl (C=O) groups is 3. The molecular formula is C23H24N2O4. The number of hydrogen-bond donors (Lipinski definition) is 1.